The van der Waals surface area contributed by atoms with Crippen LogP contribution in [0.2, 0.25) is 0 Å². The Balaban J connectivity index is 1.44. The van der Waals surface area contributed by atoms with Gasteiger partial charge in [0.15, 0.2) is 12.6 Å². The number of ether oxygens (including phenoxy) is 6. The lowest BCUT2D eigenvalue weighted by molar-refractivity contribution is -0.386. The second-order valence-corrected chi connectivity index (χ2v) is 32.8. The minimum atomic E-state index is -3.08. The molecule has 109 heavy (non-hydrogen) atoms. The predicted octanol–water partition coefficient (Wildman–Crippen LogP) is 13.9. The number of rotatable bonds is 73. The zero-order valence-electron chi connectivity index (χ0n) is 68.7. The number of nitrogens with one attached hydrogen (secondary N) is 2. The Morgan fingerprint density at radius 3 is 1.15 bits per heavy atom. The standard InChI is InChI=1S/C86H164N2O21/c1-4-6-8-10-12-14-16-18-20-22-24-26-28-29-30-31-32-33-34-35-36-37-38-40-42-44-46-48-50-52-54-56-58-60-73(96)88-67(68(93)59-57-55-53-51-49-47-45-43-41-39-27-25-23-21-19-17-15-13-11-9-7-5-2)65-104-83-78(100)77(99)80(72(64-91)106-83)107-84-79(101)82(76(98)71(63-90)105-84)109-86(85(102)103)61-69(94)74(87-66(3)92)81(108-86)75(97)70(95)62-89/h67-72,74-84,89-91,93-95,97-101H,4-65H2,1-3H3,(H,87,92)(H,88,96)(H,102,103). The van der Waals surface area contributed by atoms with Crippen LogP contribution in [0, 0.1) is 0 Å². The van der Waals surface area contributed by atoms with Crippen molar-refractivity contribution >= 4 is 17.8 Å². The maximum absolute atomic E-state index is 13.6. The minimum absolute atomic E-state index is 0.230. The van der Waals surface area contributed by atoms with E-state index in [1.165, 1.54) is 295 Å². The van der Waals surface area contributed by atoms with Gasteiger partial charge in [-0.25, -0.2) is 4.79 Å². The molecular weight excluding hydrogens is 1400 g/mol. The zero-order chi connectivity index (χ0) is 79.5. The first-order valence-corrected chi connectivity index (χ1v) is 44.9. The Kier molecular flexibility index (Phi) is 60.0. The van der Waals surface area contributed by atoms with Gasteiger partial charge in [-0.05, 0) is 12.8 Å². The molecule has 0 bridgehead atoms. The van der Waals surface area contributed by atoms with Crippen molar-refractivity contribution in [1.29, 1.82) is 0 Å². The number of hydrogen-bond donors (Lipinski definition) is 14. The van der Waals surface area contributed by atoms with E-state index < -0.39 is 148 Å². The Labute approximate surface area is 659 Å². The second kappa shape index (κ2) is 64.8. The van der Waals surface area contributed by atoms with E-state index >= 15 is 0 Å². The summed E-state index contributed by atoms with van der Waals surface area (Å²) in [7, 11) is 0. The molecule has 18 atom stereocenters. The largest absolute Gasteiger partial charge is 0.477 e. The van der Waals surface area contributed by atoms with Gasteiger partial charge in [0.1, 0.15) is 67.1 Å². The topological polar surface area (TPSA) is 373 Å². The molecular formula is C86H164N2O21. The molecule has 0 aromatic carbocycles. The molecule has 0 aromatic heterocycles. The molecule has 3 rings (SSSR count). The van der Waals surface area contributed by atoms with E-state index in [0.717, 1.165) is 51.9 Å². The number of aliphatic hydroxyl groups excluding tert-OH is 11. The molecule has 0 saturated carbocycles. The fourth-order valence-electron chi connectivity index (χ4n) is 16.0. The highest BCUT2D eigenvalue weighted by Crippen LogP contribution is 2.39. The first-order chi connectivity index (χ1) is 52.9. The fourth-order valence-corrected chi connectivity index (χ4v) is 16.0. The van der Waals surface area contributed by atoms with Crippen molar-refractivity contribution in [2.45, 2.75) is 503 Å². The van der Waals surface area contributed by atoms with Crippen LogP contribution >= 0.6 is 0 Å². The van der Waals surface area contributed by atoms with E-state index in [4.69, 9.17) is 28.4 Å². The number of carbonyl (C=O) groups is 3. The summed E-state index contributed by atoms with van der Waals surface area (Å²) in [6.45, 7) is 2.29. The van der Waals surface area contributed by atoms with Crippen molar-refractivity contribution in [2.24, 2.45) is 0 Å². The molecule has 3 aliphatic heterocycles. The number of aliphatic hydroxyl groups is 11. The van der Waals surface area contributed by atoms with Crippen molar-refractivity contribution in [3.05, 3.63) is 0 Å². The molecule has 0 aromatic rings. The molecule has 14 N–H and O–H groups in total. The van der Waals surface area contributed by atoms with Crippen molar-refractivity contribution in [2.75, 3.05) is 26.4 Å². The highest BCUT2D eigenvalue weighted by atomic mass is 16.8. The Morgan fingerprint density at radius 2 is 0.798 bits per heavy atom. The van der Waals surface area contributed by atoms with Gasteiger partial charge in [-0.3, -0.25) is 9.59 Å². The molecule has 0 spiro atoms. The normalized spacial score (nSPS) is 25.7. The van der Waals surface area contributed by atoms with Gasteiger partial charge in [0, 0.05) is 19.8 Å². The zero-order valence-corrected chi connectivity index (χ0v) is 68.7. The molecule has 18 unspecified atom stereocenters. The van der Waals surface area contributed by atoms with E-state index in [1.54, 1.807) is 0 Å². The van der Waals surface area contributed by atoms with E-state index in [1.807, 2.05) is 0 Å². The van der Waals surface area contributed by atoms with Gasteiger partial charge in [0.2, 0.25) is 11.8 Å². The summed E-state index contributed by atoms with van der Waals surface area (Å²) in [4.78, 5) is 38.8. The maximum atomic E-state index is 13.6. The van der Waals surface area contributed by atoms with Crippen LogP contribution in [0.3, 0.4) is 0 Å². The molecule has 3 aliphatic rings. The van der Waals surface area contributed by atoms with Crippen LogP contribution in [-0.2, 0) is 42.8 Å². The van der Waals surface area contributed by atoms with Gasteiger partial charge in [0.05, 0.1) is 50.7 Å². The molecule has 644 valence electrons. The molecule has 23 nitrogen and oxygen atoms in total. The Bertz CT molecular complexity index is 2160. The summed E-state index contributed by atoms with van der Waals surface area (Å²) >= 11 is 0. The fraction of sp³-hybridized carbons (Fsp3) is 0.965. The van der Waals surface area contributed by atoms with Crippen molar-refractivity contribution in [1.82, 2.24) is 10.6 Å². The summed E-state index contributed by atoms with van der Waals surface area (Å²) in [5.74, 6) is -6.08. The van der Waals surface area contributed by atoms with Crippen LogP contribution in [0.4, 0.5) is 0 Å². The Hall–Kier alpha value is -2.27. The summed E-state index contributed by atoms with van der Waals surface area (Å²) in [5.41, 5.74) is 0. The number of carboxylic acids is 1. The minimum Gasteiger partial charge on any atom is -0.477 e. The average Bonchev–Trinajstić information content (AvgIpc) is 0.754. The van der Waals surface area contributed by atoms with Gasteiger partial charge < -0.3 is 100 Å². The molecule has 0 radical (unpaired) electrons. The van der Waals surface area contributed by atoms with Crippen LogP contribution in [0.15, 0.2) is 0 Å². The molecule has 3 heterocycles. The highest BCUT2D eigenvalue weighted by Gasteiger charge is 2.60. The lowest BCUT2D eigenvalue weighted by Crippen LogP contribution is -2.70. The smallest absolute Gasteiger partial charge is 0.364 e. The Morgan fingerprint density at radius 1 is 0.440 bits per heavy atom. The van der Waals surface area contributed by atoms with E-state index in [-0.39, 0.29) is 18.9 Å². The van der Waals surface area contributed by atoms with Crippen molar-refractivity contribution < 1.29 is 104 Å². The number of hydrogen-bond acceptors (Lipinski definition) is 20. The lowest BCUT2D eigenvalue weighted by atomic mass is 9.88. The highest BCUT2D eigenvalue weighted by molar-refractivity contribution is 5.77. The third-order valence-electron chi connectivity index (χ3n) is 23.1. The van der Waals surface area contributed by atoms with E-state index in [0.29, 0.717) is 19.3 Å². The summed E-state index contributed by atoms with van der Waals surface area (Å²) in [5, 5.41) is 137. The predicted molar refractivity (Wildman–Crippen MR) is 426 cm³/mol. The monoisotopic (exact) mass is 1560 g/mol. The third kappa shape index (κ3) is 44.0. The quantitative estimate of drug-likeness (QED) is 0.0252. The number of amides is 2. The van der Waals surface area contributed by atoms with Gasteiger partial charge in [-0.1, -0.05) is 361 Å². The summed E-state index contributed by atoms with van der Waals surface area (Å²) in [6, 6.07) is -2.53. The number of carbonyl (C=O) groups excluding carboxylic acids is 2. The first kappa shape index (κ1) is 101. The van der Waals surface area contributed by atoms with Gasteiger partial charge in [0.25, 0.3) is 5.79 Å². The lowest BCUT2D eigenvalue weighted by Gasteiger charge is -2.50. The van der Waals surface area contributed by atoms with Crippen LogP contribution in [0.25, 0.3) is 0 Å². The third-order valence-corrected chi connectivity index (χ3v) is 23.1. The van der Waals surface area contributed by atoms with Gasteiger partial charge in [-0.15, -0.1) is 0 Å². The van der Waals surface area contributed by atoms with E-state index in [2.05, 4.69) is 24.5 Å². The summed E-state index contributed by atoms with van der Waals surface area (Å²) in [6.07, 6.45) is 42.5. The molecule has 23 heteroatoms. The SMILES string of the molecule is CCCCCCCCCCCCCCCCCCCCCCCCCCCCCCCCCCCC(=O)NC(COC1OC(CO)C(OC2OC(CO)C(O)C(OC3(C(=O)O)CC(O)C(NC(C)=O)C(C(O)C(O)CO)O3)C2O)C(O)C1O)C(O)CCCCCCCCCCCCCCCCCCCCCCCC. The van der Waals surface area contributed by atoms with Crippen LogP contribution in [-0.4, -0.2) is 215 Å². The van der Waals surface area contributed by atoms with Crippen LogP contribution in [0.5, 0.6) is 0 Å². The number of aliphatic carboxylic acids is 1. The van der Waals surface area contributed by atoms with E-state index in [9.17, 15) is 75.7 Å². The van der Waals surface area contributed by atoms with Gasteiger partial charge in [-0.2, -0.15) is 0 Å². The number of carboxylic acid groups (broad SMARTS) is 1. The average molecular weight is 1560 g/mol. The molecule has 3 saturated heterocycles. The summed E-state index contributed by atoms with van der Waals surface area (Å²) < 4.78 is 35.1. The first-order valence-electron chi connectivity index (χ1n) is 44.9. The van der Waals surface area contributed by atoms with Gasteiger partial charge >= 0.3 is 5.97 Å². The van der Waals surface area contributed by atoms with Crippen LogP contribution in [0.1, 0.15) is 393 Å². The molecule has 0 aliphatic carbocycles. The van der Waals surface area contributed by atoms with Crippen molar-refractivity contribution in [3.8, 4) is 0 Å². The van der Waals surface area contributed by atoms with Crippen molar-refractivity contribution in [3.63, 3.8) is 0 Å². The number of unbranched alkanes of at least 4 members (excludes halogenated alkanes) is 53. The molecule has 2 amide bonds. The molecule has 3 fully saturated rings. The second-order valence-electron chi connectivity index (χ2n) is 32.8. The maximum Gasteiger partial charge on any atom is 0.364 e. The van der Waals surface area contributed by atoms with Crippen LogP contribution < -0.4 is 10.6 Å².